The lowest BCUT2D eigenvalue weighted by Crippen LogP contribution is -1.82. The highest BCUT2D eigenvalue weighted by molar-refractivity contribution is 5.84. The molecular formula is C10H8NO. The third-order valence-corrected chi connectivity index (χ3v) is 1.76. The summed E-state index contributed by atoms with van der Waals surface area (Å²) >= 11 is 0. The van der Waals surface area contributed by atoms with Gasteiger partial charge in [0.15, 0.2) is 0 Å². The molecular weight excluding hydrogens is 150 g/mol. The predicted molar refractivity (Wildman–Crippen MR) is 47.9 cm³/mol. The molecule has 0 fully saturated rings. The van der Waals surface area contributed by atoms with E-state index >= 15 is 0 Å². The van der Waals surface area contributed by atoms with Gasteiger partial charge in [-0.3, -0.25) is 0 Å². The van der Waals surface area contributed by atoms with Crippen LogP contribution >= 0.6 is 0 Å². The average Bonchev–Trinajstić information content (AvgIpc) is 2.07. The number of hydrogen-bond acceptors (Lipinski definition) is 2. The monoisotopic (exact) mass is 158 g/mol. The van der Waals surface area contributed by atoms with Gasteiger partial charge in [-0.15, -0.1) is 0 Å². The highest BCUT2D eigenvalue weighted by Gasteiger charge is 1.98. The van der Waals surface area contributed by atoms with Gasteiger partial charge in [-0.25, -0.2) is 4.98 Å². The number of aromatic nitrogens is 1. The minimum absolute atomic E-state index is 0.206. The zero-order valence-corrected chi connectivity index (χ0v) is 6.49. The third kappa shape index (κ3) is 1.01. The number of rotatable bonds is 0. The normalized spacial score (nSPS) is 10.4. The van der Waals surface area contributed by atoms with E-state index in [1.54, 1.807) is 12.1 Å². The number of nitrogens with zero attached hydrogens (tertiary/aromatic N) is 1. The number of aromatic hydroxyl groups is 1. The molecule has 2 nitrogen and oxygen atoms in total. The zero-order chi connectivity index (χ0) is 8.55. The minimum atomic E-state index is 0.206. The number of hydrogen-bond donors (Lipinski definition) is 1. The van der Waals surface area contributed by atoms with E-state index in [0.29, 0.717) is 11.2 Å². The van der Waals surface area contributed by atoms with Crippen molar-refractivity contribution in [1.29, 1.82) is 0 Å². The predicted octanol–water partition coefficient (Wildman–Crippen LogP) is 2.12. The van der Waals surface area contributed by atoms with Crippen molar-refractivity contribution in [1.82, 2.24) is 4.98 Å². The Labute approximate surface area is 70.5 Å². The molecule has 2 rings (SSSR count). The van der Waals surface area contributed by atoms with Crippen LogP contribution in [0.25, 0.3) is 10.9 Å². The van der Waals surface area contributed by atoms with E-state index in [-0.39, 0.29) is 5.75 Å². The summed E-state index contributed by atoms with van der Waals surface area (Å²) in [5.41, 5.74) is 1.29. The minimum Gasteiger partial charge on any atom is -0.506 e. The van der Waals surface area contributed by atoms with E-state index in [9.17, 15) is 5.11 Å². The number of phenolic OH excluding ortho intramolecular Hbond substituents is 1. The lowest BCUT2D eigenvalue weighted by atomic mass is 10.2. The molecule has 12 heavy (non-hydrogen) atoms. The van der Waals surface area contributed by atoms with Gasteiger partial charge >= 0.3 is 0 Å². The van der Waals surface area contributed by atoms with E-state index in [2.05, 4.69) is 11.9 Å². The summed E-state index contributed by atoms with van der Waals surface area (Å²) < 4.78 is 0. The van der Waals surface area contributed by atoms with Crippen molar-refractivity contribution >= 4 is 10.9 Å². The van der Waals surface area contributed by atoms with Gasteiger partial charge in [-0.1, -0.05) is 18.2 Å². The first-order valence-corrected chi connectivity index (χ1v) is 3.68. The summed E-state index contributed by atoms with van der Waals surface area (Å²) in [6.07, 6.45) is 0. The Bertz CT molecular complexity index is 423. The largest absolute Gasteiger partial charge is 0.506 e. The molecule has 0 spiro atoms. The number of fused-ring (bicyclic) bond motifs is 1. The van der Waals surface area contributed by atoms with E-state index in [1.807, 2.05) is 18.2 Å². The van der Waals surface area contributed by atoms with Gasteiger partial charge in [0.2, 0.25) is 0 Å². The van der Waals surface area contributed by atoms with E-state index in [0.717, 1.165) is 5.39 Å². The summed E-state index contributed by atoms with van der Waals surface area (Å²) in [5, 5.41) is 10.3. The highest BCUT2D eigenvalue weighted by Crippen LogP contribution is 2.21. The van der Waals surface area contributed by atoms with Crippen LogP contribution in [0.2, 0.25) is 0 Å². The molecule has 0 atom stereocenters. The first-order chi connectivity index (χ1) is 5.77. The maximum Gasteiger partial charge on any atom is 0.141 e. The van der Waals surface area contributed by atoms with E-state index in [1.165, 1.54) is 0 Å². The molecule has 1 radical (unpaired) electrons. The van der Waals surface area contributed by atoms with Crippen LogP contribution < -0.4 is 0 Å². The molecule has 2 heteroatoms. The van der Waals surface area contributed by atoms with Crippen LogP contribution in [0.3, 0.4) is 0 Å². The van der Waals surface area contributed by atoms with Crippen LogP contribution in [0, 0.1) is 6.92 Å². The fourth-order valence-electron chi connectivity index (χ4n) is 1.17. The van der Waals surface area contributed by atoms with Crippen molar-refractivity contribution in [3.05, 3.63) is 42.9 Å². The lowest BCUT2D eigenvalue weighted by molar-refractivity contribution is 0.480. The smallest absolute Gasteiger partial charge is 0.141 e. The fourth-order valence-corrected chi connectivity index (χ4v) is 1.17. The topological polar surface area (TPSA) is 33.1 Å². The van der Waals surface area contributed by atoms with Gasteiger partial charge in [0.1, 0.15) is 11.3 Å². The highest BCUT2D eigenvalue weighted by atomic mass is 16.3. The molecule has 1 aromatic heterocycles. The number of para-hydroxylation sites is 1. The van der Waals surface area contributed by atoms with Crippen LogP contribution in [0.4, 0.5) is 0 Å². The number of phenols is 1. The fraction of sp³-hybridized carbons (Fsp3) is 0. The summed E-state index contributed by atoms with van der Waals surface area (Å²) in [6, 6.07) is 9.03. The summed E-state index contributed by atoms with van der Waals surface area (Å²) in [6.45, 7) is 3.69. The molecule has 59 valence electrons. The molecule has 0 unspecified atom stereocenters. The van der Waals surface area contributed by atoms with Crippen molar-refractivity contribution in [2.75, 3.05) is 0 Å². The van der Waals surface area contributed by atoms with Crippen molar-refractivity contribution in [2.45, 2.75) is 0 Å². The van der Waals surface area contributed by atoms with Crippen LogP contribution in [-0.4, -0.2) is 10.1 Å². The van der Waals surface area contributed by atoms with E-state index < -0.39 is 0 Å². The van der Waals surface area contributed by atoms with Crippen LogP contribution in [0.5, 0.6) is 5.75 Å². The molecule has 0 saturated heterocycles. The Kier molecular flexibility index (Phi) is 1.47. The zero-order valence-electron chi connectivity index (χ0n) is 6.49. The molecule has 0 aliphatic carbocycles. The summed E-state index contributed by atoms with van der Waals surface area (Å²) in [7, 11) is 0. The Morgan fingerprint density at radius 3 is 2.83 bits per heavy atom. The number of benzene rings is 1. The Morgan fingerprint density at radius 1 is 1.17 bits per heavy atom. The third-order valence-electron chi connectivity index (χ3n) is 1.76. The lowest BCUT2D eigenvalue weighted by Gasteiger charge is -1.99. The maximum atomic E-state index is 9.41. The van der Waals surface area contributed by atoms with Gasteiger partial charge in [-0.05, 0) is 19.1 Å². The molecule has 1 heterocycles. The second-order valence-corrected chi connectivity index (χ2v) is 2.65. The Balaban J connectivity index is 2.88. The van der Waals surface area contributed by atoms with Gasteiger partial charge in [0, 0.05) is 11.1 Å². The average molecular weight is 158 g/mol. The quantitative estimate of drug-likeness (QED) is 0.637. The molecule has 0 aliphatic rings. The molecule has 0 bridgehead atoms. The summed E-state index contributed by atoms with van der Waals surface area (Å²) in [5.74, 6) is 0.206. The number of pyridine rings is 1. The second-order valence-electron chi connectivity index (χ2n) is 2.65. The summed E-state index contributed by atoms with van der Waals surface area (Å²) in [4.78, 5) is 4.11. The van der Waals surface area contributed by atoms with Gasteiger partial charge in [-0.2, -0.15) is 0 Å². The van der Waals surface area contributed by atoms with Crippen LogP contribution in [-0.2, 0) is 0 Å². The Morgan fingerprint density at radius 2 is 2.00 bits per heavy atom. The Hall–Kier alpha value is -1.57. The first-order valence-electron chi connectivity index (χ1n) is 3.68. The van der Waals surface area contributed by atoms with Crippen molar-refractivity contribution in [3.8, 4) is 5.75 Å². The molecule has 0 aliphatic heterocycles. The molecule has 2 aromatic rings. The molecule has 1 aromatic carbocycles. The van der Waals surface area contributed by atoms with Crippen LogP contribution in [0.1, 0.15) is 5.69 Å². The second kappa shape index (κ2) is 2.48. The van der Waals surface area contributed by atoms with Crippen molar-refractivity contribution in [3.63, 3.8) is 0 Å². The molecule has 1 N–H and O–H groups in total. The maximum absolute atomic E-state index is 9.41. The van der Waals surface area contributed by atoms with Gasteiger partial charge in [0.05, 0.1) is 0 Å². The van der Waals surface area contributed by atoms with Gasteiger partial charge < -0.3 is 5.11 Å². The standard InChI is InChI=1S/C10H8NO/c1-7-5-6-8-3-2-4-9(12)10(8)11-7/h2-6,12H,1H2. The van der Waals surface area contributed by atoms with Crippen molar-refractivity contribution < 1.29 is 5.11 Å². The van der Waals surface area contributed by atoms with Gasteiger partial charge in [0.25, 0.3) is 0 Å². The first kappa shape index (κ1) is 7.10. The van der Waals surface area contributed by atoms with Crippen LogP contribution in [0.15, 0.2) is 30.3 Å². The van der Waals surface area contributed by atoms with E-state index in [4.69, 9.17) is 0 Å². The van der Waals surface area contributed by atoms with Crippen molar-refractivity contribution in [2.24, 2.45) is 0 Å². The SMILES string of the molecule is [CH2]c1ccc2cccc(O)c2n1. The molecule has 0 amide bonds. The molecule has 0 saturated carbocycles.